The Morgan fingerprint density at radius 3 is 1.47 bits per heavy atom. The SMILES string of the molecule is CCN(CC)c1ccc(/C=N/N(c2ccccc2)c2ccccc2)c(OCC(O)CN(/N=C/c2ccc(N(c3ccccc3)c3ccccc3)cc2)c2ccccc2)c1. The Bertz CT molecular complexity index is 2280. The first-order valence-corrected chi connectivity index (χ1v) is 20.1. The molecule has 7 aromatic carbocycles. The molecule has 0 heterocycles. The third-order valence-corrected chi connectivity index (χ3v) is 9.83. The molecule has 0 saturated heterocycles. The first-order chi connectivity index (χ1) is 29.1. The molecule has 0 aliphatic heterocycles. The molecule has 7 rings (SSSR count). The summed E-state index contributed by atoms with van der Waals surface area (Å²) in [6, 6.07) is 65.1. The molecule has 59 heavy (non-hydrogen) atoms. The lowest BCUT2D eigenvalue weighted by atomic mass is 10.1. The normalized spacial score (nSPS) is 11.7. The van der Waals surface area contributed by atoms with Crippen molar-refractivity contribution in [1.82, 2.24) is 0 Å². The van der Waals surface area contributed by atoms with Gasteiger partial charge in [0.2, 0.25) is 0 Å². The van der Waals surface area contributed by atoms with E-state index in [1.54, 1.807) is 0 Å². The molecule has 0 amide bonds. The molecule has 0 aliphatic carbocycles. The van der Waals surface area contributed by atoms with Gasteiger partial charge in [0.1, 0.15) is 18.5 Å². The van der Waals surface area contributed by atoms with Crippen LogP contribution in [0.15, 0.2) is 204 Å². The zero-order chi connectivity index (χ0) is 40.7. The first kappa shape index (κ1) is 40.1. The van der Waals surface area contributed by atoms with Crippen LogP contribution in [-0.4, -0.2) is 49.9 Å². The van der Waals surface area contributed by atoms with E-state index < -0.39 is 6.10 Å². The Kier molecular flexibility index (Phi) is 13.8. The highest BCUT2D eigenvalue weighted by Gasteiger charge is 2.16. The van der Waals surface area contributed by atoms with Gasteiger partial charge >= 0.3 is 0 Å². The van der Waals surface area contributed by atoms with Crippen LogP contribution in [0.5, 0.6) is 5.75 Å². The van der Waals surface area contributed by atoms with Crippen LogP contribution in [-0.2, 0) is 0 Å². The molecule has 0 radical (unpaired) electrons. The summed E-state index contributed by atoms with van der Waals surface area (Å²) in [7, 11) is 0. The Hall–Kier alpha value is -7.16. The van der Waals surface area contributed by atoms with Gasteiger partial charge in [-0.2, -0.15) is 10.2 Å². The van der Waals surface area contributed by atoms with Crippen LogP contribution < -0.4 is 24.6 Å². The van der Waals surface area contributed by atoms with Crippen LogP contribution in [0.2, 0.25) is 0 Å². The van der Waals surface area contributed by atoms with E-state index in [0.717, 1.165) is 64.0 Å². The molecular weight excluding hydrogens is 729 g/mol. The quantitative estimate of drug-likeness (QED) is 0.0691. The van der Waals surface area contributed by atoms with E-state index in [1.165, 1.54) is 0 Å². The average molecular weight is 779 g/mol. The maximum atomic E-state index is 11.5. The lowest BCUT2D eigenvalue weighted by molar-refractivity contribution is 0.112. The molecule has 8 nitrogen and oxygen atoms in total. The number of ether oxygens (including phenoxy) is 1. The monoisotopic (exact) mass is 778 g/mol. The fraction of sp³-hybridized carbons (Fsp3) is 0.137. The zero-order valence-corrected chi connectivity index (χ0v) is 33.6. The number of nitrogens with zero attached hydrogens (tertiary/aromatic N) is 6. The summed E-state index contributed by atoms with van der Waals surface area (Å²) in [5.41, 5.74) is 8.68. The number of para-hydroxylation sites is 5. The Morgan fingerprint density at radius 2 is 0.966 bits per heavy atom. The number of benzene rings is 7. The molecule has 0 aliphatic rings. The molecule has 0 bridgehead atoms. The highest BCUT2D eigenvalue weighted by Crippen LogP contribution is 2.34. The van der Waals surface area contributed by atoms with Gasteiger partial charge in [-0.25, -0.2) is 5.01 Å². The van der Waals surface area contributed by atoms with Crippen molar-refractivity contribution in [3.8, 4) is 5.75 Å². The van der Waals surface area contributed by atoms with Crippen molar-refractivity contribution < 1.29 is 9.84 Å². The van der Waals surface area contributed by atoms with E-state index in [9.17, 15) is 5.11 Å². The van der Waals surface area contributed by atoms with E-state index in [2.05, 4.69) is 78.2 Å². The van der Waals surface area contributed by atoms with Crippen molar-refractivity contribution in [3.63, 3.8) is 0 Å². The van der Waals surface area contributed by atoms with Crippen molar-refractivity contribution in [3.05, 3.63) is 205 Å². The van der Waals surface area contributed by atoms with Gasteiger partial charge in [-0.1, -0.05) is 103 Å². The smallest absolute Gasteiger partial charge is 0.130 e. The molecule has 0 spiro atoms. The highest BCUT2D eigenvalue weighted by atomic mass is 16.5. The second-order valence-corrected chi connectivity index (χ2v) is 13.8. The van der Waals surface area contributed by atoms with Gasteiger partial charge in [0, 0.05) is 47.5 Å². The molecule has 0 aromatic heterocycles. The molecular formula is C51H50N6O2. The molecule has 1 N–H and O–H groups in total. The average Bonchev–Trinajstić information content (AvgIpc) is 3.30. The van der Waals surface area contributed by atoms with Gasteiger partial charge in [0.25, 0.3) is 0 Å². The Morgan fingerprint density at radius 1 is 0.508 bits per heavy atom. The van der Waals surface area contributed by atoms with Gasteiger partial charge in [-0.15, -0.1) is 0 Å². The van der Waals surface area contributed by atoms with E-state index >= 15 is 0 Å². The number of rotatable bonds is 18. The number of hydrogen-bond acceptors (Lipinski definition) is 8. The zero-order valence-electron chi connectivity index (χ0n) is 33.6. The number of hydrogen-bond donors (Lipinski definition) is 1. The minimum atomic E-state index is -0.868. The van der Waals surface area contributed by atoms with Crippen LogP contribution in [0.25, 0.3) is 0 Å². The van der Waals surface area contributed by atoms with Crippen LogP contribution in [0.1, 0.15) is 25.0 Å². The van der Waals surface area contributed by atoms with E-state index in [4.69, 9.17) is 14.9 Å². The Labute approximate surface area is 348 Å². The van der Waals surface area contributed by atoms with Gasteiger partial charge < -0.3 is 19.6 Å². The summed E-state index contributed by atoms with van der Waals surface area (Å²) < 4.78 is 6.46. The lowest BCUT2D eigenvalue weighted by Gasteiger charge is -2.25. The first-order valence-electron chi connectivity index (χ1n) is 20.1. The fourth-order valence-electron chi connectivity index (χ4n) is 6.79. The predicted molar refractivity (Wildman–Crippen MR) is 247 cm³/mol. The van der Waals surface area contributed by atoms with Crippen molar-refractivity contribution in [2.24, 2.45) is 10.2 Å². The summed E-state index contributed by atoms with van der Waals surface area (Å²) in [5.74, 6) is 0.633. The lowest BCUT2D eigenvalue weighted by Crippen LogP contribution is -2.33. The van der Waals surface area contributed by atoms with Crippen LogP contribution in [0.3, 0.4) is 0 Å². The molecule has 7 aromatic rings. The highest BCUT2D eigenvalue weighted by molar-refractivity contribution is 5.86. The molecule has 1 atom stereocenters. The van der Waals surface area contributed by atoms with Gasteiger partial charge in [-0.05, 0) is 104 Å². The third kappa shape index (κ3) is 10.6. The minimum Gasteiger partial charge on any atom is -0.490 e. The molecule has 1 unspecified atom stereocenters. The summed E-state index contributed by atoms with van der Waals surface area (Å²) in [6.07, 6.45) is 2.78. The predicted octanol–water partition coefficient (Wildman–Crippen LogP) is 11.5. The van der Waals surface area contributed by atoms with Crippen molar-refractivity contribution >= 4 is 52.2 Å². The summed E-state index contributed by atoms with van der Waals surface area (Å²) in [6.45, 7) is 6.24. The maximum Gasteiger partial charge on any atom is 0.130 e. The van der Waals surface area contributed by atoms with Crippen molar-refractivity contribution in [2.75, 3.05) is 46.1 Å². The molecule has 8 heteroatoms. The number of aliphatic hydroxyl groups excluding tert-OH is 1. The maximum absolute atomic E-state index is 11.5. The topological polar surface area (TPSA) is 67.1 Å². The van der Waals surface area contributed by atoms with Crippen molar-refractivity contribution in [1.29, 1.82) is 0 Å². The molecule has 296 valence electrons. The number of hydrazone groups is 2. The van der Waals surface area contributed by atoms with Gasteiger partial charge in [0.15, 0.2) is 0 Å². The van der Waals surface area contributed by atoms with Crippen LogP contribution in [0, 0.1) is 0 Å². The summed E-state index contributed by atoms with van der Waals surface area (Å²) >= 11 is 0. The van der Waals surface area contributed by atoms with Crippen LogP contribution in [0.4, 0.5) is 39.8 Å². The van der Waals surface area contributed by atoms with E-state index in [-0.39, 0.29) is 13.2 Å². The molecule has 0 fully saturated rings. The number of anilines is 7. The second-order valence-electron chi connectivity index (χ2n) is 13.8. The number of aliphatic hydroxyl groups is 1. The standard InChI is InChI=1S/C51H50N6O2/c1-3-54(4-2)49-35-32-42(38-53-57(47-26-16-8-17-27-47)48-28-18-9-19-29-48)51(36-49)59-40-50(58)39-55(43-20-10-5-11-21-43)52-37-41-30-33-46(34-31-41)56(44-22-12-6-13-23-44)45-24-14-7-15-25-45/h5-38,50,58H,3-4,39-40H2,1-2H3/b52-37+,53-38+. The van der Waals surface area contributed by atoms with E-state index in [0.29, 0.717) is 5.75 Å². The Balaban J connectivity index is 1.10. The van der Waals surface area contributed by atoms with E-state index in [1.807, 2.05) is 162 Å². The largest absolute Gasteiger partial charge is 0.490 e. The van der Waals surface area contributed by atoms with Crippen LogP contribution >= 0.6 is 0 Å². The van der Waals surface area contributed by atoms with Gasteiger partial charge in [-0.3, -0.25) is 5.01 Å². The second kappa shape index (κ2) is 20.3. The molecule has 0 saturated carbocycles. The van der Waals surface area contributed by atoms with Crippen molar-refractivity contribution in [2.45, 2.75) is 20.0 Å². The fourth-order valence-corrected chi connectivity index (χ4v) is 6.79. The third-order valence-electron chi connectivity index (χ3n) is 9.83. The summed E-state index contributed by atoms with van der Waals surface area (Å²) in [4.78, 5) is 4.49. The summed E-state index contributed by atoms with van der Waals surface area (Å²) in [5, 5.41) is 25.1. The minimum absolute atomic E-state index is 0.0476. The van der Waals surface area contributed by atoms with Gasteiger partial charge in [0.05, 0.1) is 36.0 Å².